The fraction of sp³-hybridized carbons (Fsp3) is 0.526. The maximum atomic E-state index is 12.5. The minimum absolute atomic E-state index is 0.0717. The molecule has 2 bridgehead atoms. The molecule has 4 heteroatoms. The van der Waals surface area contributed by atoms with E-state index in [4.69, 9.17) is 0 Å². The van der Waals surface area contributed by atoms with E-state index in [-0.39, 0.29) is 24.5 Å². The van der Waals surface area contributed by atoms with Crippen molar-refractivity contribution in [1.29, 1.82) is 0 Å². The first-order chi connectivity index (χ1) is 11.2. The zero-order valence-corrected chi connectivity index (χ0v) is 13.5. The van der Waals surface area contributed by atoms with Crippen LogP contribution in [0.4, 0.5) is 0 Å². The van der Waals surface area contributed by atoms with Gasteiger partial charge in [0.05, 0.1) is 6.42 Å². The molecule has 4 rings (SSSR count). The average Bonchev–Trinajstić information content (AvgIpc) is 3.22. The molecule has 23 heavy (non-hydrogen) atoms. The van der Waals surface area contributed by atoms with Crippen molar-refractivity contribution in [2.45, 2.75) is 38.6 Å². The fourth-order valence-corrected chi connectivity index (χ4v) is 4.75. The van der Waals surface area contributed by atoms with Crippen LogP contribution in [-0.4, -0.2) is 28.6 Å². The van der Waals surface area contributed by atoms with Crippen molar-refractivity contribution in [2.24, 2.45) is 17.8 Å². The minimum Gasteiger partial charge on any atom is -0.396 e. The number of aliphatic hydroxyl groups excluding tert-OH is 1. The molecule has 2 aromatic rings. The van der Waals surface area contributed by atoms with E-state index in [2.05, 4.69) is 35.4 Å². The number of hydrogen-bond donors (Lipinski definition) is 3. The molecule has 1 amide bonds. The maximum Gasteiger partial charge on any atom is 0.224 e. The number of fused-ring (bicyclic) bond motifs is 3. The standard InChI is InChI=1S/C19H24N2O2/c1-11-2-5-15-14(9-20-17(15)6-11)8-18(23)21-19-13-4-3-12(7-13)16(19)10-22/h2,5-6,9,12-13,16,19-20,22H,3-4,7-8,10H2,1H3,(H,21,23). The number of nitrogens with one attached hydrogen (secondary N) is 2. The molecule has 0 spiro atoms. The van der Waals surface area contributed by atoms with Gasteiger partial charge in [0.1, 0.15) is 0 Å². The monoisotopic (exact) mass is 312 g/mol. The second kappa shape index (κ2) is 5.68. The van der Waals surface area contributed by atoms with Gasteiger partial charge in [0.15, 0.2) is 0 Å². The molecule has 1 aromatic heterocycles. The smallest absolute Gasteiger partial charge is 0.224 e. The lowest BCUT2D eigenvalue weighted by molar-refractivity contribution is -0.122. The third kappa shape index (κ3) is 2.55. The van der Waals surface area contributed by atoms with Gasteiger partial charge in [-0.15, -0.1) is 0 Å². The van der Waals surface area contributed by atoms with Crippen LogP contribution in [0.1, 0.15) is 30.4 Å². The molecule has 1 heterocycles. The summed E-state index contributed by atoms with van der Waals surface area (Å²) in [6.07, 6.45) is 5.91. The Morgan fingerprint density at radius 1 is 1.35 bits per heavy atom. The van der Waals surface area contributed by atoms with Gasteiger partial charge in [-0.1, -0.05) is 12.1 Å². The zero-order valence-electron chi connectivity index (χ0n) is 13.5. The van der Waals surface area contributed by atoms with Gasteiger partial charge < -0.3 is 15.4 Å². The number of carbonyl (C=O) groups excluding carboxylic acids is 1. The molecule has 0 aliphatic heterocycles. The van der Waals surface area contributed by atoms with Crippen molar-refractivity contribution in [3.05, 3.63) is 35.5 Å². The molecule has 2 aliphatic carbocycles. The molecule has 4 atom stereocenters. The molecule has 1 aromatic carbocycles. The predicted octanol–water partition coefficient (Wildman–Crippen LogP) is 2.54. The van der Waals surface area contributed by atoms with Gasteiger partial charge in [-0.3, -0.25) is 4.79 Å². The first-order valence-electron chi connectivity index (χ1n) is 8.62. The molecule has 2 aliphatic rings. The molecule has 3 N–H and O–H groups in total. The summed E-state index contributed by atoms with van der Waals surface area (Å²) in [6.45, 7) is 2.26. The van der Waals surface area contributed by atoms with Crippen LogP contribution in [0.15, 0.2) is 24.4 Å². The number of aromatic nitrogens is 1. The predicted molar refractivity (Wildman–Crippen MR) is 90.1 cm³/mol. The molecule has 4 unspecified atom stereocenters. The van der Waals surface area contributed by atoms with Crippen LogP contribution < -0.4 is 5.32 Å². The van der Waals surface area contributed by atoms with Gasteiger partial charge in [-0.2, -0.15) is 0 Å². The number of aliphatic hydroxyl groups is 1. The Labute approximate surface area is 136 Å². The lowest BCUT2D eigenvalue weighted by Crippen LogP contribution is -2.45. The molecule has 2 fully saturated rings. The summed E-state index contributed by atoms with van der Waals surface area (Å²) < 4.78 is 0. The van der Waals surface area contributed by atoms with Gasteiger partial charge in [0, 0.05) is 35.7 Å². The number of amides is 1. The largest absolute Gasteiger partial charge is 0.396 e. The van der Waals surface area contributed by atoms with E-state index in [1.54, 1.807) is 0 Å². The number of aromatic amines is 1. The highest BCUT2D eigenvalue weighted by Crippen LogP contribution is 2.48. The van der Waals surface area contributed by atoms with E-state index in [1.807, 2.05) is 6.20 Å². The summed E-state index contributed by atoms with van der Waals surface area (Å²) in [5.41, 5.74) is 3.34. The molecule has 2 saturated carbocycles. The van der Waals surface area contributed by atoms with Crippen molar-refractivity contribution >= 4 is 16.8 Å². The summed E-state index contributed by atoms with van der Waals surface area (Å²) >= 11 is 0. The van der Waals surface area contributed by atoms with E-state index in [0.29, 0.717) is 18.3 Å². The topological polar surface area (TPSA) is 65.1 Å². The number of aryl methyl sites for hydroxylation is 1. The van der Waals surface area contributed by atoms with Crippen LogP contribution in [-0.2, 0) is 11.2 Å². The van der Waals surface area contributed by atoms with Crippen molar-refractivity contribution in [1.82, 2.24) is 10.3 Å². The second-order valence-corrected chi connectivity index (χ2v) is 7.31. The van der Waals surface area contributed by atoms with Crippen LogP contribution in [0.3, 0.4) is 0 Å². The lowest BCUT2D eigenvalue weighted by atomic mass is 9.85. The summed E-state index contributed by atoms with van der Waals surface area (Å²) in [5, 5.41) is 14.0. The van der Waals surface area contributed by atoms with E-state index in [0.717, 1.165) is 16.5 Å². The average molecular weight is 312 g/mol. The molecule has 0 saturated heterocycles. The maximum absolute atomic E-state index is 12.5. The quantitative estimate of drug-likeness (QED) is 0.812. The summed E-state index contributed by atoms with van der Waals surface area (Å²) in [7, 11) is 0. The van der Waals surface area contributed by atoms with Gasteiger partial charge in [0.25, 0.3) is 0 Å². The van der Waals surface area contributed by atoms with Crippen LogP contribution >= 0.6 is 0 Å². The highest BCUT2D eigenvalue weighted by atomic mass is 16.3. The van der Waals surface area contributed by atoms with Gasteiger partial charge in [0.2, 0.25) is 5.91 Å². The molecular formula is C19H24N2O2. The number of rotatable bonds is 4. The highest BCUT2D eigenvalue weighted by Gasteiger charge is 2.47. The molecule has 122 valence electrons. The van der Waals surface area contributed by atoms with Crippen molar-refractivity contribution in [2.75, 3.05) is 6.61 Å². The fourth-order valence-electron chi connectivity index (χ4n) is 4.75. The van der Waals surface area contributed by atoms with E-state index in [9.17, 15) is 9.90 Å². The highest BCUT2D eigenvalue weighted by molar-refractivity contribution is 5.89. The van der Waals surface area contributed by atoms with E-state index >= 15 is 0 Å². The van der Waals surface area contributed by atoms with Crippen LogP contribution in [0.25, 0.3) is 10.9 Å². The summed E-state index contributed by atoms with van der Waals surface area (Å²) in [6, 6.07) is 6.43. The Morgan fingerprint density at radius 3 is 3.00 bits per heavy atom. The first kappa shape index (κ1) is 14.8. The third-order valence-electron chi connectivity index (χ3n) is 5.90. The first-order valence-corrected chi connectivity index (χ1v) is 8.62. The molecule has 0 radical (unpaired) electrons. The normalized spacial score (nSPS) is 29.3. The second-order valence-electron chi connectivity index (χ2n) is 7.31. The van der Waals surface area contributed by atoms with Crippen molar-refractivity contribution < 1.29 is 9.90 Å². The minimum atomic E-state index is 0.0717. The summed E-state index contributed by atoms with van der Waals surface area (Å²) in [4.78, 5) is 15.8. The number of benzene rings is 1. The Kier molecular flexibility index (Phi) is 3.64. The van der Waals surface area contributed by atoms with E-state index in [1.165, 1.54) is 24.8 Å². The molecule has 4 nitrogen and oxygen atoms in total. The summed E-state index contributed by atoms with van der Waals surface area (Å²) in [5.74, 6) is 1.49. The zero-order chi connectivity index (χ0) is 16.0. The number of H-pyrrole nitrogens is 1. The van der Waals surface area contributed by atoms with Gasteiger partial charge >= 0.3 is 0 Å². The Hall–Kier alpha value is -1.81. The van der Waals surface area contributed by atoms with E-state index < -0.39 is 0 Å². The van der Waals surface area contributed by atoms with Crippen molar-refractivity contribution in [3.63, 3.8) is 0 Å². The van der Waals surface area contributed by atoms with Crippen LogP contribution in [0.2, 0.25) is 0 Å². The Bertz CT molecular complexity index is 736. The third-order valence-corrected chi connectivity index (χ3v) is 5.90. The van der Waals surface area contributed by atoms with Crippen LogP contribution in [0, 0.1) is 24.7 Å². The number of carbonyl (C=O) groups is 1. The van der Waals surface area contributed by atoms with Crippen molar-refractivity contribution in [3.8, 4) is 0 Å². The van der Waals surface area contributed by atoms with Crippen LogP contribution in [0.5, 0.6) is 0 Å². The van der Waals surface area contributed by atoms with Gasteiger partial charge in [-0.05, 0) is 55.2 Å². The Balaban J connectivity index is 1.47. The SMILES string of the molecule is Cc1ccc2c(CC(=O)NC3C4CCC(C4)C3CO)c[nH]c2c1. The lowest BCUT2D eigenvalue weighted by Gasteiger charge is -2.30. The number of hydrogen-bond acceptors (Lipinski definition) is 2. The molecular weight excluding hydrogens is 288 g/mol. The Morgan fingerprint density at radius 2 is 2.17 bits per heavy atom. The van der Waals surface area contributed by atoms with Gasteiger partial charge in [-0.25, -0.2) is 0 Å².